The highest BCUT2D eigenvalue weighted by molar-refractivity contribution is 6.02. The van der Waals surface area contributed by atoms with E-state index in [9.17, 15) is 9.59 Å². The molecule has 0 N–H and O–H groups in total. The molecule has 7 heteroatoms. The summed E-state index contributed by atoms with van der Waals surface area (Å²) in [5.74, 6) is 0.584. The Morgan fingerprint density at radius 2 is 1.91 bits per heavy atom. The zero-order chi connectivity index (χ0) is 25.7. The molecule has 0 radical (unpaired) electrons. The molecule has 3 heterocycles. The van der Waals surface area contributed by atoms with Crippen LogP contribution < -0.4 is 0 Å². The topological polar surface area (TPSA) is 85.9 Å². The number of allylic oxidation sites excluding steroid dienone is 1. The monoisotopic (exact) mass is 476 g/mol. The van der Waals surface area contributed by atoms with Gasteiger partial charge in [0.1, 0.15) is 17.1 Å². The van der Waals surface area contributed by atoms with Crippen LogP contribution in [0.1, 0.15) is 105 Å². The van der Waals surface area contributed by atoms with Gasteiger partial charge in [-0.25, -0.2) is 9.50 Å². The molecule has 1 atom stereocenters. The Labute approximate surface area is 208 Å². The number of ketones is 2. The highest BCUT2D eigenvalue weighted by atomic mass is 16.6. The normalized spacial score (nSPS) is 15.9. The van der Waals surface area contributed by atoms with Crippen molar-refractivity contribution in [3.63, 3.8) is 0 Å². The van der Waals surface area contributed by atoms with E-state index >= 15 is 0 Å². The van der Waals surface area contributed by atoms with E-state index in [0.29, 0.717) is 35.6 Å². The van der Waals surface area contributed by atoms with E-state index in [0.717, 1.165) is 29.8 Å². The van der Waals surface area contributed by atoms with Crippen LogP contribution in [0.15, 0.2) is 47.8 Å². The average molecular weight is 477 g/mol. The van der Waals surface area contributed by atoms with E-state index in [1.807, 2.05) is 40.7 Å². The first-order chi connectivity index (χ1) is 16.9. The van der Waals surface area contributed by atoms with Crippen LogP contribution in [0, 0.1) is 6.92 Å². The van der Waals surface area contributed by atoms with Gasteiger partial charge in [-0.2, -0.15) is 5.10 Å². The summed E-state index contributed by atoms with van der Waals surface area (Å²) in [7, 11) is 0. The van der Waals surface area contributed by atoms with Crippen molar-refractivity contribution in [2.24, 2.45) is 5.16 Å². The van der Waals surface area contributed by atoms with E-state index in [1.54, 1.807) is 12.1 Å². The van der Waals surface area contributed by atoms with Gasteiger partial charge in [0, 0.05) is 26.4 Å². The largest absolute Gasteiger partial charge is 0.361 e. The number of hydrogen-bond acceptors (Lipinski definition) is 6. The van der Waals surface area contributed by atoms with Crippen LogP contribution in [0.25, 0.3) is 5.65 Å². The second kappa shape index (κ2) is 11.2. The minimum Gasteiger partial charge on any atom is -0.361 e. The molecule has 1 unspecified atom stereocenters. The summed E-state index contributed by atoms with van der Waals surface area (Å²) in [6.45, 7) is 15.1. The number of carbonyl (C=O) groups excluding carboxylic acids is 2. The molecular weight excluding hydrogens is 440 g/mol. The first-order valence-corrected chi connectivity index (χ1v) is 12.4. The van der Waals surface area contributed by atoms with Crippen molar-refractivity contribution in [2.75, 3.05) is 0 Å². The van der Waals surface area contributed by atoms with Gasteiger partial charge in [0.25, 0.3) is 0 Å². The summed E-state index contributed by atoms with van der Waals surface area (Å²) >= 11 is 0. The molecular formula is C28H36N4O3. The number of aromatic nitrogens is 3. The Bertz CT molecular complexity index is 1310. The van der Waals surface area contributed by atoms with E-state index in [2.05, 4.69) is 34.0 Å². The number of oxime groups is 1. The molecule has 0 amide bonds. The number of fused-ring (bicyclic) bond motifs is 2. The van der Waals surface area contributed by atoms with Crippen LogP contribution in [0.4, 0.5) is 0 Å². The maximum Gasteiger partial charge on any atom is 0.181 e. The molecule has 1 aliphatic heterocycles. The summed E-state index contributed by atoms with van der Waals surface area (Å²) in [4.78, 5) is 34.8. The third kappa shape index (κ3) is 5.39. The molecule has 0 saturated heterocycles. The molecule has 0 fully saturated rings. The number of nitrogens with zero attached hydrogens (tertiary/aromatic N) is 4. The standard InChI is InChI=1S/C24H22N4O3.2C2H6.H2/c1-13-8-24-25-21(12-22(15(3)29)28(24)26-13)23(30)11-17-5-4-16-10-18(6-7-19(16)17)20-9-14(2)31-27-20;2*1-2;/h6-8,10,12,17H,2,4-5,9,11H2,1,3H3;2*1-2H3;1H. The summed E-state index contributed by atoms with van der Waals surface area (Å²) in [6.07, 6.45) is 2.82. The van der Waals surface area contributed by atoms with E-state index in [-0.39, 0.29) is 18.9 Å². The van der Waals surface area contributed by atoms with Gasteiger partial charge < -0.3 is 4.84 Å². The van der Waals surface area contributed by atoms with Crippen LogP contribution in [-0.2, 0) is 11.3 Å². The predicted molar refractivity (Wildman–Crippen MR) is 140 cm³/mol. The lowest BCUT2D eigenvalue weighted by Crippen LogP contribution is -2.13. The lowest BCUT2D eigenvalue weighted by atomic mass is 9.93. The highest BCUT2D eigenvalue weighted by Crippen LogP contribution is 2.37. The summed E-state index contributed by atoms with van der Waals surface area (Å²) in [6, 6.07) is 9.62. The maximum atomic E-state index is 13.1. The smallest absolute Gasteiger partial charge is 0.181 e. The molecule has 1 aromatic carbocycles. The third-order valence-electron chi connectivity index (χ3n) is 5.96. The quantitative estimate of drug-likeness (QED) is 0.393. The average Bonchev–Trinajstić information content (AvgIpc) is 3.58. The van der Waals surface area contributed by atoms with Crippen molar-refractivity contribution in [3.05, 3.63) is 76.4 Å². The van der Waals surface area contributed by atoms with Crippen molar-refractivity contribution in [1.29, 1.82) is 0 Å². The molecule has 0 bridgehead atoms. The molecule has 0 spiro atoms. The molecule has 186 valence electrons. The highest BCUT2D eigenvalue weighted by Gasteiger charge is 2.27. The Morgan fingerprint density at radius 1 is 1.17 bits per heavy atom. The van der Waals surface area contributed by atoms with Gasteiger partial charge in [-0.3, -0.25) is 9.59 Å². The van der Waals surface area contributed by atoms with Gasteiger partial charge >= 0.3 is 0 Å². The van der Waals surface area contributed by atoms with Gasteiger partial charge in [-0.05, 0) is 48.9 Å². The summed E-state index contributed by atoms with van der Waals surface area (Å²) in [5, 5.41) is 8.40. The van der Waals surface area contributed by atoms with Crippen LogP contribution in [0.2, 0.25) is 0 Å². The minimum absolute atomic E-state index is 0. The number of rotatable bonds is 5. The fourth-order valence-corrected chi connectivity index (χ4v) is 4.43. The lowest BCUT2D eigenvalue weighted by molar-refractivity contribution is 0.0969. The molecule has 0 saturated carbocycles. The van der Waals surface area contributed by atoms with E-state index in [1.165, 1.54) is 22.6 Å². The van der Waals surface area contributed by atoms with Crippen molar-refractivity contribution < 1.29 is 15.9 Å². The molecule has 3 aromatic rings. The van der Waals surface area contributed by atoms with Crippen LogP contribution >= 0.6 is 0 Å². The zero-order valence-corrected chi connectivity index (χ0v) is 21.5. The summed E-state index contributed by atoms with van der Waals surface area (Å²) < 4.78 is 1.50. The zero-order valence-electron chi connectivity index (χ0n) is 21.5. The second-order valence-corrected chi connectivity index (χ2v) is 8.26. The maximum absolute atomic E-state index is 13.1. The number of carbonyl (C=O) groups is 2. The lowest BCUT2D eigenvalue weighted by Gasteiger charge is -2.12. The Hall–Kier alpha value is -3.61. The molecule has 7 nitrogen and oxygen atoms in total. The first-order valence-electron chi connectivity index (χ1n) is 12.4. The molecule has 35 heavy (non-hydrogen) atoms. The molecule has 2 aliphatic rings. The van der Waals surface area contributed by atoms with Crippen molar-refractivity contribution in [3.8, 4) is 0 Å². The SMILES string of the molecule is C=C1CC(c2ccc3c(c2)CCC3CC(=O)c2cc(C(C)=O)n3nc(C)cc3n2)=NO1.CC.CC.[HH]. The minimum atomic E-state index is -0.148. The molecule has 2 aromatic heterocycles. The van der Waals surface area contributed by atoms with Gasteiger partial charge in [0.2, 0.25) is 0 Å². The van der Waals surface area contributed by atoms with Crippen LogP contribution in [-0.4, -0.2) is 31.9 Å². The third-order valence-corrected chi connectivity index (χ3v) is 5.96. The molecule has 5 rings (SSSR count). The summed E-state index contributed by atoms with van der Waals surface area (Å²) in [5.41, 5.74) is 6.33. The van der Waals surface area contributed by atoms with Gasteiger partial charge in [-0.15, -0.1) is 0 Å². The number of aryl methyl sites for hydroxylation is 2. The number of hydrogen-bond donors (Lipinski definition) is 0. The first kappa shape index (κ1) is 26.0. The number of benzene rings is 1. The number of Topliss-reactive ketones (excluding diaryl/α,β-unsaturated/α-hetero) is 2. The van der Waals surface area contributed by atoms with Gasteiger partial charge in [-0.1, -0.05) is 51.6 Å². The fraction of sp³-hybridized carbons (Fsp3) is 0.393. The van der Waals surface area contributed by atoms with Crippen LogP contribution in [0.3, 0.4) is 0 Å². The van der Waals surface area contributed by atoms with E-state index < -0.39 is 0 Å². The molecule has 1 aliphatic carbocycles. The van der Waals surface area contributed by atoms with E-state index in [4.69, 9.17) is 4.84 Å². The van der Waals surface area contributed by atoms with Gasteiger partial charge in [0.05, 0.1) is 17.8 Å². The Kier molecular flexibility index (Phi) is 8.33. The predicted octanol–water partition coefficient (Wildman–Crippen LogP) is 6.48. The van der Waals surface area contributed by atoms with Crippen molar-refractivity contribution in [1.82, 2.24) is 14.6 Å². The van der Waals surface area contributed by atoms with Crippen molar-refractivity contribution in [2.45, 2.75) is 73.1 Å². The second-order valence-electron chi connectivity index (χ2n) is 8.26. The van der Waals surface area contributed by atoms with Crippen molar-refractivity contribution >= 4 is 22.9 Å². The Balaban J connectivity index is 0.000000871. The fourth-order valence-electron chi connectivity index (χ4n) is 4.43. The van der Waals surface area contributed by atoms with Gasteiger partial charge in [0.15, 0.2) is 17.2 Å². The van der Waals surface area contributed by atoms with Crippen LogP contribution in [0.5, 0.6) is 0 Å². The Morgan fingerprint density at radius 3 is 2.57 bits per heavy atom.